The second-order valence-corrected chi connectivity index (χ2v) is 5.71. The van der Waals surface area contributed by atoms with E-state index >= 15 is 0 Å². The highest BCUT2D eigenvalue weighted by atomic mass is 16.4. The van der Waals surface area contributed by atoms with Gasteiger partial charge in [-0.05, 0) is 51.0 Å². The Morgan fingerprint density at radius 2 is 1.90 bits per heavy atom. The highest BCUT2D eigenvalue weighted by Crippen LogP contribution is 2.29. The fourth-order valence-electron chi connectivity index (χ4n) is 2.88. The number of hydrogen-bond donors (Lipinski definition) is 2. The quantitative estimate of drug-likeness (QED) is 0.884. The maximum absolute atomic E-state index is 11.4. The van der Waals surface area contributed by atoms with Crippen molar-refractivity contribution < 1.29 is 9.90 Å². The van der Waals surface area contributed by atoms with Gasteiger partial charge < -0.3 is 10.4 Å². The van der Waals surface area contributed by atoms with Gasteiger partial charge in [0, 0.05) is 6.04 Å². The van der Waals surface area contributed by atoms with Gasteiger partial charge in [0.2, 0.25) is 0 Å². The number of aryl methyl sites for hydroxylation is 1. The zero-order valence-electron chi connectivity index (χ0n) is 12.4. The summed E-state index contributed by atoms with van der Waals surface area (Å²) in [6.07, 6.45) is 5.79. The largest absolute Gasteiger partial charge is 0.478 e. The number of aromatic nitrogens is 2. The molecule has 0 aliphatic heterocycles. The Labute approximate surface area is 119 Å². The van der Waals surface area contributed by atoms with Crippen LogP contribution in [0, 0.1) is 19.8 Å². The van der Waals surface area contributed by atoms with Crippen molar-refractivity contribution >= 4 is 11.8 Å². The summed E-state index contributed by atoms with van der Waals surface area (Å²) in [6, 6.07) is 0.312. The lowest BCUT2D eigenvalue weighted by Crippen LogP contribution is -2.28. The van der Waals surface area contributed by atoms with Crippen LogP contribution in [0.4, 0.5) is 5.82 Å². The average molecular weight is 277 g/mol. The molecule has 0 amide bonds. The second kappa shape index (κ2) is 6.20. The van der Waals surface area contributed by atoms with Crippen molar-refractivity contribution in [1.82, 2.24) is 10.2 Å². The van der Waals surface area contributed by atoms with Crippen LogP contribution < -0.4 is 5.32 Å². The fraction of sp³-hybridized carbons (Fsp3) is 0.667. The second-order valence-electron chi connectivity index (χ2n) is 5.71. The highest BCUT2D eigenvalue weighted by Gasteiger charge is 2.23. The zero-order valence-corrected chi connectivity index (χ0v) is 12.4. The SMILES string of the molecule is CCC1CCC(Nc2nnc(C)c(C)c2C(=O)O)CC1. The van der Waals surface area contributed by atoms with Gasteiger partial charge in [0.15, 0.2) is 5.82 Å². The monoisotopic (exact) mass is 277 g/mol. The lowest BCUT2D eigenvalue weighted by atomic mass is 9.84. The van der Waals surface area contributed by atoms with E-state index in [-0.39, 0.29) is 5.56 Å². The van der Waals surface area contributed by atoms with E-state index in [0.717, 1.165) is 18.8 Å². The molecule has 1 aliphatic rings. The van der Waals surface area contributed by atoms with Gasteiger partial charge in [-0.15, -0.1) is 5.10 Å². The molecule has 20 heavy (non-hydrogen) atoms. The van der Waals surface area contributed by atoms with Crippen LogP contribution >= 0.6 is 0 Å². The van der Waals surface area contributed by atoms with Gasteiger partial charge in [0.1, 0.15) is 5.56 Å². The average Bonchev–Trinajstić information content (AvgIpc) is 2.43. The van der Waals surface area contributed by atoms with Crippen molar-refractivity contribution in [3.8, 4) is 0 Å². The number of anilines is 1. The first-order valence-corrected chi connectivity index (χ1v) is 7.36. The van der Waals surface area contributed by atoms with E-state index in [2.05, 4.69) is 22.4 Å². The molecule has 5 nitrogen and oxygen atoms in total. The predicted octanol–water partition coefficient (Wildman–Crippen LogP) is 3.17. The number of carboxylic acid groups (broad SMARTS) is 1. The molecule has 0 spiro atoms. The standard InChI is InChI=1S/C15H23N3O2/c1-4-11-5-7-12(8-6-11)16-14-13(15(19)20)9(2)10(3)17-18-14/h11-12H,4-8H2,1-3H3,(H,16,18)(H,19,20). The molecule has 1 fully saturated rings. The van der Waals surface area contributed by atoms with Crippen molar-refractivity contribution in [2.24, 2.45) is 5.92 Å². The number of carbonyl (C=O) groups is 1. The van der Waals surface area contributed by atoms with Gasteiger partial charge in [-0.25, -0.2) is 4.79 Å². The molecule has 1 aromatic rings. The Morgan fingerprint density at radius 3 is 2.45 bits per heavy atom. The van der Waals surface area contributed by atoms with E-state index in [1.807, 2.05) is 0 Å². The Bertz CT molecular complexity index is 494. The topological polar surface area (TPSA) is 75.1 Å². The molecular weight excluding hydrogens is 254 g/mol. The summed E-state index contributed by atoms with van der Waals surface area (Å²) in [7, 11) is 0. The summed E-state index contributed by atoms with van der Waals surface area (Å²) < 4.78 is 0. The normalized spacial score (nSPS) is 22.6. The maximum atomic E-state index is 11.4. The fourth-order valence-corrected chi connectivity index (χ4v) is 2.88. The summed E-state index contributed by atoms with van der Waals surface area (Å²) in [5.41, 5.74) is 1.62. The summed E-state index contributed by atoms with van der Waals surface area (Å²) in [6.45, 7) is 5.80. The first kappa shape index (κ1) is 14.8. The van der Waals surface area contributed by atoms with Gasteiger partial charge >= 0.3 is 5.97 Å². The molecule has 1 saturated carbocycles. The minimum absolute atomic E-state index is 0.259. The molecular formula is C15H23N3O2. The van der Waals surface area contributed by atoms with Crippen LogP contribution in [0.5, 0.6) is 0 Å². The van der Waals surface area contributed by atoms with Gasteiger partial charge in [-0.1, -0.05) is 13.3 Å². The molecule has 0 bridgehead atoms. The van der Waals surface area contributed by atoms with E-state index in [9.17, 15) is 9.90 Å². The highest BCUT2D eigenvalue weighted by molar-refractivity contribution is 5.94. The molecule has 1 heterocycles. The molecule has 2 rings (SSSR count). The van der Waals surface area contributed by atoms with Crippen LogP contribution in [0.15, 0.2) is 0 Å². The minimum Gasteiger partial charge on any atom is -0.478 e. The lowest BCUT2D eigenvalue weighted by Gasteiger charge is -2.29. The molecule has 110 valence electrons. The molecule has 0 aromatic carbocycles. The first-order valence-electron chi connectivity index (χ1n) is 7.36. The molecule has 0 atom stereocenters. The van der Waals surface area contributed by atoms with Crippen LogP contribution in [0.25, 0.3) is 0 Å². The number of nitrogens with one attached hydrogen (secondary N) is 1. The van der Waals surface area contributed by atoms with Crippen LogP contribution in [0.2, 0.25) is 0 Å². The van der Waals surface area contributed by atoms with E-state index in [1.54, 1.807) is 13.8 Å². The van der Waals surface area contributed by atoms with Crippen molar-refractivity contribution in [1.29, 1.82) is 0 Å². The number of carboxylic acids is 1. The molecule has 1 aromatic heterocycles. The summed E-state index contributed by atoms with van der Waals surface area (Å²) in [5.74, 6) is 0.295. The number of nitrogens with zero attached hydrogens (tertiary/aromatic N) is 2. The number of hydrogen-bond acceptors (Lipinski definition) is 4. The van der Waals surface area contributed by atoms with Gasteiger partial charge in [0.25, 0.3) is 0 Å². The Kier molecular flexibility index (Phi) is 4.57. The Hall–Kier alpha value is -1.65. The zero-order chi connectivity index (χ0) is 14.7. The van der Waals surface area contributed by atoms with E-state index in [4.69, 9.17) is 0 Å². The van der Waals surface area contributed by atoms with Crippen molar-refractivity contribution in [3.05, 3.63) is 16.8 Å². The molecule has 0 radical (unpaired) electrons. The van der Waals surface area contributed by atoms with Gasteiger partial charge in [-0.3, -0.25) is 0 Å². The van der Waals surface area contributed by atoms with Crippen LogP contribution in [-0.2, 0) is 0 Å². The summed E-state index contributed by atoms with van der Waals surface area (Å²) in [4.78, 5) is 11.4. The predicted molar refractivity (Wildman–Crippen MR) is 78.1 cm³/mol. The molecule has 0 unspecified atom stereocenters. The van der Waals surface area contributed by atoms with E-state index < -0.39 is 5.97 Å². The van der Waals surface area contributed by atoms with Gasteiger partial charge in [-0.2, -0.15) is 5.10 Å². The van der Waals surface area contributed by atoms with Crippen LogP contribution in [0.1, 0.15) is 60.6 Å². The molecule has 1 aliphatic carbocycles. The lowest BCUT2D eigenvalue weighted by molar-refractivity contribution is 0.0696. The van der Waals surface area contributed by atoms with E-state index in [0.29, 0.717) is 23.1 Å². The Balaban J connectivity index is 2.14. The third-order valence-corrected chi connectivity index (χ3v) is 4.43. The van der Waals surface area contributed by atoms with Crippen molar-refractivity contribution in [2.45, 2.75) is 58.9 Å². The molecule has 0 saturated heterocycles. The van der Waals surface area contributed by atoms with Gasteiger partial charge in [0.05, 0.1) is 5.69 Å². The van der Waals surface area contributed by atoms with Crippen LogP contribution in [0.3, 0.4) is 0 Å². The van der Waals surface area contributed by atoms with Crippen molar-refractivity contribution in [3.63, 3.8) is 0 Å². The third kappa shape index (κ3) is 3.08. The first-order chi connectivity index (χ1) is 9.52. The smallest absolute Gasteiger partial charge is 0.339 e. The summed E-state index contributed by atoms with van der Waals surface area (Å²) in [5, 5.41) is 20.8. The third-order valence-electron chi connectivity index (χ3n) is 4.43. The minimum atomic E-state index is -0.940. The van der Waals surface area contributed by atoms with Crippen molar-refractivity contribution in [2.75, 3.05) is 5.32 Å². The molecule has 2 N–H and O–H groups in total. The van der Waals surface area contributed by atoms with E-state index in [1.165, 1.54) is 19.3 Å². The summed E-state index contributed by atoms with van der Waals surface area (Å²) >= 11 is 0. The van der Waals surface area contributed by atoms with Crippen LogP contribution in [-0.4, -0.2) is 27.3 Å². The molecule has 5 heteroatoms. The number of aromatic carboxylic acids is 1. The maximum Gasteiger partial charge on any atom is 0.339 e. The number of rotatable bonds is 4. The Morgan fingerprint density at radius 1 is 1.25 bits per heavy atom.